The molecule has 2 N–H and O–H groups in total. The van der Waals surface area contributed by atoms with Gasteiger partial charge in [-0.05, 0) is 31.4 Å². The van der Waals surface area contributed by atoms with Crippen LogP contribution in [0, 0.1) is 17.1 Å². The number of carbonyl (C=O) groups excluding carboxylic acids is 1. The first-order valence-electron chi connectivity index (χ1n) is 6.12. The quantitative estimate of drug-likeness (QED) is 0.749. The van der Waals surface area contributed by atoms with Gasteiger partial charge in [0.2, 0.25) is 5.91 Å². The van der Waals surface area contributed by atoms with Crippen LogP contribution in [0.1, 0.15) is 25.8 Å². The second-order valence-electron chi connectivity index (χ2n) is 4.28. The van der Waals surface area contributed by atoms with Crippen molar-refractivity contribution in [3.63, 3.8) is 0 Å². The minimum Gasteiger partial charge on any atom is -0.355 e. The van der Waals surface area contributed by atoms with Gasteiger partial charge in [0, 0.05) is 12.3 Å². The van der Waals surface area contributed by atoms with E-state index in [1.165, 1.54) is 6.07 Å². The van der Waals surface area contributed by atoms with Crippen molar-refractivity contribution in [2.24, 2.45) is 5.92 Å². The normalized spacial score (nSPS) is 11.9. The largest absolute Gasteiger partial charge is 0.355 e. The summed E-state index contributed by atoms with van der Waals surface area (Å²) in [5, 5.41) is 10.2. The molecule has 18 heavy (non-hydrogen) atoms. The minimum atomic E-state index is -0.370. The molecule has 0 saturated heterocycles. The van der Waals surface area contributed by atoms with Crippen molar-refractivity contribution in [2.45, 2.75) is 26.7 Å². The Kier molecular flexibility index (Phi) is 5.49. The molecule has 0 aliphatic carbocycles. The number of benzene rings is 1. The molecule has 4 heteroatoms. The van der Waals surface area contributed by atoms with Gasteiger partial charge in [0.25, 0.3) is 0 Å². The molecule has 1 aromatic carbocycles. The Morgan fingerprint density at radius 2 is 2.11 bits per heavy atom. The van der Waals surface area contributed by atoms with Crippen LogP contribution in [0.4, 0.5) is 4.39 Å². The smallest absolute Gasteiger partial charge is 0.228 e. The van der Waals surface area contributed by atoms with Gasteiger partial charge in [0.1, 0.15) is 5.82 Å². The lowest BCUT2D eigenvalue weighted by Gasteiger charge is -2.13. The molecule has 3 nitrogen and oxygen atoms in total. The third-order valence-electron chi connectivity index (χ3n) is 2.90. The van der Waals surface area contributed by atoms with Gasteiger partial charge in [0.15, 0.2) is 0 Å². The Morgan fingerprint density at radius 1 is 1.44 bits per heavy atom. The van der Waals surface area contributed by atoms with E-state index in [0.717, 1.165) is 0 Å². The van der Waals surface area contributed by atoms with Crippen molar-refractivity contribution in [2.75, 3.05) is 6.54 Å². The third kappa shape index (κ3) is 3.95. The SMILES string of the molecule is CCC(C(C)=N)C(=O)NCCc1ccccc1F. The Balaban J connectivity index is 2.45. The fourth-order valence-corrected chi connectivity index (χ4v) is 1.83. The lowest BCUT2D eigenvalue weighted by molar-refractivity contribution is -0.123. The standard InChI is InChI=1S/C14H19FN2O/c1-3-12(10(2)16)14(18)17-9-8-11-6-4-5-7-13(11)15/h4-7,12,16H,3,8-9H2,1-2H3,(H,17,18). The van der Waals surface area contributed by atoms with Crippen LogP contribution in [0.2, 0.25) is 0 Å². The fourth-order valence-electron chi connectivity index (χ4n) is 1.83. The molecule has 0 radical (unpaired) electrons. The molecular weight excluding hydrogens is 231 g/mol. The van der Waals surface area contributed by atoms with Gasteiger partial charge in [0.05, 0.1) is 5.92 Å². The van der Waals surface area contributed by atoms with Gasteiger partial charge in [-0.2, -0.15) is 0 Å². The predicted octanol–water partition coefficient (Wildman–Crippen LogP) is 2.55. The van der Waals surface area contributed by atoms with Gasteiger partial charge in [-0.15, -0.1) is 0 Å². The fraction of sp³-hybridized carbons (Fsp3) is 0.429. The average Bonchev–Trinajstić information content (AvgIpc) is 2.32. The van der Waals surface area contributed by atoms with Crippen molar-refractivity contribution >= 4 is 11.6 Å². The van der Waals surface area contributed by atoms with E-state index in [4.69, 9.17) is 5.41 Å². The number of amides is 1. The van der Waals surface area contributed by atoms with Gasteiger partial charge >= 0.3 is 0 Å². The van der Waals surface area contributed by atoms with Crippen LogP contribution < -0.4 is 5.32 Å². The molecule has 1 atom stereocenters. The maximum atomic E-state index is 13.3. The lowest BCUT2D eigenvalue weighted by Crippen LogP contribution is -2.35. The maximum absolute atomic E-state index is 13.3. The molecule has 0 fully saturated rings. The second kappa shape index (κ2) is 6.89. The van der Waals surface area contributed by atoms with E-state index in [1.807, 2.05) is 6.92 Å². The zero-order valence-corrected chi connectivity index (χ0v) is 10.8. The average molecular weight is 250 g/mol. The van der Waals surface area contributed by atoms with Crippen molar-refractivity contribution in [3.05, 3.63) is 35.6 Å². The molecule has 1 unspecified atom stereocenters. The summed E-state index contributed by atoms with van der Waals surface area (Å²) in [7, 11) is 0. The van der Waals surface area contributed by atoms with Crippen LogP contribution in [0.3, 0.4) is 0 Å². The van der Waals surface area contributed by atoms with E-state index in [-0.39, 0.29) is 17.6 Å². The molecule has 0 heterocycles. The third-order valence-corrected chi connectivity index (χ3v) is 2.90. The molecule has 0 bridgehead atoms. The summed E-state index contributed by atoms with van der Waals surface area (Å²) in [4.78, 5) is 11.7. The summed E-state index contributed by atoms with van der Waals surface area (Å²) in [5.41, 5.74) is 0.957. The number of rotatable bonds is 6. The number of halogens is 1. The summed E-state index contributed by atoms with van der Waals surface area (Å²) in [5.74, 6) is -0.769. The van der Waals surface area contributed by atoms with Crippen molar-refractivity contribution in [3.8, 4) is 0 Å². The van der Waals surface area contributed by atoms with E-state index in [0.29, 0.717) is 30.7 Å². The zero-order chi connectivity index (χ0) is 13.5. The van der Waals surface area contributed by atoms with Crippen molar-refractivity contribution in [1.29, 1.82) is 5.41 Å². The highest BCUT2D eigenvalue weighted by Gasteiger charge is 2.17. The van der Waals surface area contributed by atoms with Crippen LogP contribution >= 0.6 is 0 Å². The molecule has 0 spiro atoms. The zero-order valence-electron chi connectivity index (χ0n) is 10.8. The van der Waals surface area contributed by atoms with E-state index in [9.17, 15) is 9.18 Å². The van der Waals surface area contributed by atoms with Gasteiger partial charge in [-0.1, -0.05) is 25.1 Å². The Morgan fingerprint density at radius 3 is 2.67 bits per heavy atom. The van der Waals surface area contributed by atoms with Crippen molar-refractivity contribution < 1.29 is 9.18 Å². The van der Waals surface area contributed by atoms with Crippen LogP contribution in [0.5, 0.6) is 0 Å². The van der Waals surface area contributed by atoms with Crippen LogP contribution in [-0.4, -0.2) is 18.2 Å². The molecule has 98 valence electrons. The maximum Gasteiger partial charge on any atom is 0.228 e. The molecule has 0 aromatic heterocycles. The Labute approximate surface area is 107 Å². The summed E-state index contributed by atoms with van der Waals surface area (Å²) in [6.07, 6.45) is 1.08. The number of nitrogens with one attached hydrogen (secondary N) is 2. The first kappa shape index (κ1) is 14.4. The summed E-state index contributed by atoms with van der Waals surface area (Å²) in [6, 6.07) is 6.54. The second-order valence-corrected chi connectivity index (χ2v) is 4.28. The summed E-state index contributed by atoms with van der Waals surface area (Å²) < 4.78 is 13.3. The van der Waals surface area contributed by atoms with Crippen LogP contribution in [0.15, 0.2) is 24.3 Å². The Hall–Kier alpha value is -1.71. The van der Waals surface area contributed by atoms with Gasteiger partial charge in [-0.25, -0.2) is 4.39 Å². The topological polar surface area (TPSA) is 53.0 Å². The lowest BCUT2D eigenvalue weighted by atomic mass is 10.0. The summed E-state index contributed by atoms with van der Waals surface area (Å²) >= 11 is 0. The molecule has 0 aliphatic heterocycles. The number of hydrogen-bond acceptors (Lipinski definition) is 2. The molecule has 1 aromatic rings. The molecular formula is C14H19FN2O. The monoisotopic (exact) mass is 250 g/mol. The highest BCUT2D eigenvalue weighted by atomic mass is 19.1. The number of hydrogen-bond donors (Lipinski definition) is 2. The molecule has 0 saturated carbocycles. The Bertz CT molecular complexity index is 432. The molecule has 1 amide bonds. The van der Waals surface area contributed by atoms with E-state index >= 15 is 0 Å². The molecule has 0 aliphatic rings. The van der Waals surface area contributed by atoms with E-state index in [2.05, 4.69) is 5.32 Å². The first-order chi connectivity index (χ1) is 8.56. The number of carbonyl (C=O) groups is 1. The van der Waals surface area contributed by atoms with Crippen LogP contribution in [-0.2, 0) is 11.2 Å². The van der Waals surface area contributed by atoms with Gasteiger partial charge < -0.3 is 10.7 Å². The minimum absolute atomic E-state index is 0.152. The van der Waals surface area contributed by atoms with Crippen LogP contribution in [0.25, 0.3) is 0 Å². The summed E-state index contributed by atoms with van der Waals surface area (Å²) in [6.45, 7) is 3.90. The highest BCUT2D eigenvalue weighted by molar-refractivity contribution is 6.01. The first-order valence-corrected chi connectivity index (χ1v) is 6.12. The predicted molar refractivity (Wildman–Crippen MR) is 70.3 cm³/mol. The van der Waals surface area contributed by atoms with E-state index < -0.39 is 0 Å². The molecule has 1 rings (SSSR count). The highest BCUT2D eigenvalue weighted by Crippen LogP contribution is 2.07. The van der Waals surface area contributed by atoms with Crippen molar-refractivity contribution in [1.82, 2.24) is 5.32 Å². The van der Waals surface area contributed by atoms with Gasteiger partial charge in [-0.3, -0.25) is 4.79 Å². The van der Waals surface area contributed by atoms with E-state index in [1.54, 1.807) is 25.1 Å².